The van der Waals surface area contributed by atoms with E-state index in [1.165, 1.54) is 5.56 Å². The van der Waals surface area contributed by atoms with Crippen LogP contribution in [0.15, 0.2) is 24.3 Å². The summed E-state index contributed by atoms with van der Waals surface area (Å²) in [5.74, 6) is 0. The molecule has 3 N–H and O–H groups in total. The van der Waals surface area contributed by atoms with Gasteiger partial charge in [0.1, 0.15) is 0 Å². The first kappa shape index (κ1) is 12.5. The zero-order chi connectivity index (χ0) is 12.0. The maximum atomic E-state index is 11.7. The van der Waals surface area contributed by atoms with Crippen molar-refractivity contribution < 1.29 is 4.79 Å². The first-order chi connectivity index (χ1) is 7.63. The van der Waals surface area contributed by atoms with Crippen molar-refractivity contribution in [1.82, 2.24) is 4.90 Å². The Hall–Kier alpha value is -1.55. The molecule has 0 saturated carbocycles. The van der Waals surface area contributed by atoms with Crippen LogP contribution in [0.4, 0.5) is 10.5 Å². The van der Waals surface area contributed by atoms with E-state index in [-0.39, 0.29) is 6.03 Å². The third kappa shape index (κ3) is 3.90. The van der Waals surface area contributed by atoms with Crippen molar-refractivity contribution in [2.24, 2.45) is 5.73 Å². The smallest absolute Gasteiger partial charge is 0.321 e. The molecular formula is C12H19N3O. The van der Waals surface area contributed by atoms with Crippen LogP contribution in [0.1, 0.15) is 12.0 Å². The molecule has 0 spiro atoms. The predicted octanol–water partition coefficient (Wildman–Crippen LogP) is 1.81. The lowest BCUT2D eigenvalue weighted by Crippen LogP contribution is -2.32. The largest absolute Gasteiger partial charge is 0.330 e. The van der Waals surface area contributed by atoms with E-state index in [1.807, 2.05) is 31.2 Å². The standard InChI is InChI=1S/C12H19N3O/c1-10-4-6-11(7-5-10)14-12(16)15(2)9-3-8-13/h4-7H,3,8-9,13H2,1-2H3,(H,14,16). The van der Waals surface area contributed by atoms with E-state index in [0.717, 1.165) is 12.1 Å². The van der Waals surface area contributed by atoms with Crippen LogP contribution in [-0.4, -0.2) is 31.1 Å². The van der Waals surface area contributed by atoms with Crippen LogP contribution in [0.25, 0.3) is 0 Å². The number of nitrogens with zero attached hydrogens (tertiary/aromatic N) is 1. The van der Waals surface area contributed by atoms with E-state index < -0.39 is 0 Å². The number of hydrogen-bond acceptors (Lipinski definition) is 2. The first-order valence-corrected chi connectivity index (χ1v) is 5.42. The highest BCUT2D eigenvalue weighted by Gasteiger charge is 2.07. The van der Waals surface area contributed by atoms with Crippen molar-refractivity contribution in [3.63, 3.8) is 0 Å². The van der Waals surface area contributed by atoms with Crippen molar-refractivity contribution in [2.75, 3.05) is 25.5 Å². The molecule has 0 aliphatic rings. The second-order valence-electron chi connectivity index (χ2n) is 3.86. The highest BCUT2D eigenvalue weighted by atomic mass is 16.2. The number of carbonyl (C=O) groups excluding carboxylic acids is 1. The summed E-state index contributed by atoms with van der Waals surface area (Å²) in [6, 6.07) is 7.62. The molecule has 4 nitrogen and oxygen atoms in total. The molecule has 0 aliphatic heterocycles. The molecule has 0 aromatic heterocycles. The molecule has 0 heterocycles. The second-order valence-corrected chi connectivity index (χ2v) is 3.86. The number of nitrogens with two attached hydrogens (primary N) is 1. The third-order valence-electron chi connectivity index (χ3n) is 2.35. The molecule has 0 atom stereocenters. The van der Waals surface area contributed by atoms with E-state index >= 15 is 0 Å². The van der Waals surface area contributed by atoms with Crippen molar-refractivity contribution in [1.29, 1.82) is 0 Å². The van der Waals surface area contributed by atoms with Gasteiger partial charge in [-0.15, -0.1) is 0 Å². The summed E-state index contributed by atoms with van der Waals surface area (Å²) in [5, 5.41) is 2.82. The average Bonchev–Trinajstić information content (AvgIpc) is 2.29. The summed E-state index contributed by atoms with van der Waals surface area (Å²) in [6.07, 6.45) is 0.817. The quantitative estimate of drug-likeness (QED) is 0.814. The molecule has 1 aromatic carbocycles. The number of aryl methyl sites for hydroxylation is 1. The number of urea groups is 1. The van der Waals surface area contributed by atoms with Crippen molar-refractivity contribution in [2.45, 2.75) is 13.3 Å². The van der Waals surface area contributed by atoms with Gasteiger partial charge in [0.2, 0.25) is 0 Å². The number of anilines is 1. The molecule has 1 aromatic rings. The Labute approximate surface area is 96.4 Å². The highest BCUT2D eigenvalue weighted by molar-refractivity contribution is 5.89. The van der Waals surface area contributed by atoms with Crippen molar-refractivity contribution in [3.8, 4) is 0 Å². The summed E-state index contributed by atoms with van der Waals surface area (Å²) >= 11 is 0. The lowest BCUT2D eigenvalue weighted by Gasteiger charge is -2.17. The maximum absolute atomic E-state index is 11.7. The Morgan fingerprint density at radius 2 is 2.00 bits per heavy atom. The van der Waals surface area contributed by atoms with E-state index in [4.69, 9.17) is 5.73 Å². The first-order valence-electron chi connectivity index (χ1n) is 5.42. The SMILES string of the molecule is Cc1ccc(NC(=O)N(C)CCCN)cc1. The van der Waals surface area contributed by atoms with Gasteiger partial charge in [-0.2, -0.15) is 0 Å². The van der Waals surface area contributed by atoms with E-state index in [9.17, 15) is 4.79 Å². The summed E-state index contributed by atoms with van der Waals surface area (Å²) in [7, 11) is 1.76. The molecule has 0 fully saturated rings. The number of hydrogen-bond donors (Lipinski definition) is 2. The fraction of sp³-hybridized carbons (Fsp3) is 0.417. The topological polar surface area (TPSA) is 58.4 Å². The van der Waals surface area contributed by atoms with Crippen LogP contribution in [0, 0.1) is 6.92 Å². The summed E-state index contributed by atoms with van der Waals surface area (Å²) < 4.78 is 0. The van der Waals surface area contributed by atoms with Crippen molar-refractivity contribution in [3.05, 3.63) is 29.8 Å². The minimum absolute atomic E-state index is 0.0997. The van der Waals surface area contributed by atoms with Crippen molar-refractivity contribution >= 4 is 11.7 Å². The number of benzene rings is 1. The zero-order valence-corrected chi connectivity index (χ0v) is 9.86. The normalized spacial score (nSPS) is 9.94. The van der Waals surface area contributed by atoms with Crippen LogP contribution >= 0.6 is 0 Å². The lowest BCUT2D eigenvalue weighted by atomic mass is 10.2. The van der Waals surface area contributed by atoms with Gasteiger partial charge in [0.25, 0.3) is 0 Å². The minimum Gasteiger partial charge on any atom is -0.330 e. The van der Waals surface area contributed by atoms with Gasteiger partial charge in [0.15, 0.2) is 0 Å². The third-order valence-corrected chi connectivity index (χ3v) is 2.35. The average molecular weight is 221 g/mol. The second kappa shape index (κ2) is 6.12. The van der Waals surface area contributed by atoms with Crippen LogP contribution in [-0.2, 0) is 0 Å². The summed E-state index contributed by atoms with van der Waals surface area (Å²) in [4.78, 5) is 13.3. The highest BCUT2D eigenvalue weighted by Crippen LogP contribution is 2.09. The molecule has 0 bridgehead atoms. The van der Waals surface area contributed by atoms with Gasteiger partial charge >= 0.3 is 6.03 Å². The van der Waals surface area contributed by atoms with Gasteiger partial charge in [0, 0.05) is 19.3 Å². The summed E-state index contributed by atoms with van der Waals surface area (Å²) in [5.41, 5.74) is 7.38. The van der Waals surface area contributed by atoms with E-state index in [0.29, 0.717) is 13.1 Å². The van der Waals surface area contributed by atoms with Gasteiger partial charge in [0.05, 0.1) is 0 Å². The van der Waals surface area contributed by atoms with Crippen LogP contribution < -0.4 is 11.1 Å². The molecule has 16 heavy (non-hydrogen) atoms. The Kier molecular flexibility index (Phi) is 4.79. The van der Waals surface area contributed by atoms with Crippen LogP contribution in [0.2, 0.25) is 0 Å². The number of amides is 2. The van der Waals surface area contributed by atoms with Gasteiger partial charge < -0.3 is 16.0 Å². The van der Waals surface area contributed by atoms with Gasteiger partial charge in [-0.25, -0.2) is 4.79 Å². The molecule has 88 valence electrons. The fourth-order valence-corrected chi connectivity index (χ4v) is 1.29. The van der Waals surface area contributed by atoms with Crippen LogP contribution in [0.3, 0.4) is 0 Å². The van der Waals surface area contributed by atoms with E-state index in [2.05, 4.69) is 5.32 Å². The zero-order valence-electron chi connectivity index (χ0n) is 9.86. The molecule has 0 saturated heterocycles. The Morgan fingerprint density at radius 1 is 1.38 bits per heavy atom. The van der Waals surface area contributed by atoms with E-state index in [1.54, 1.807) is 11.9 Å². The molecule has 0 aliphatic carbocycles. The maximum Gasteiger partial charge on any atom is 0.321 e. The monoisotopic (exact) mass is 221 g/mol. The molecule has 0 radical (unpaired) electrons. The predicted molar refractivity (Wildman–Crippen MR) is 66.5 cm³/mol. The lowest BCUT2D eigenvalue weighted by molar-refractivity contribution is 0.222. The minimum atomic E-state index is -0.0997. The van der Waals surface area contributed by atoms with Gasteiger partial charge in [-0.05, 0) is 32.0 Å². The molecule has 2 amide bonds. The molecular weight excluding hydrogens is 202 g/mol. The Bertz CT molecular complexity index is 335. The summed E-state index contributed by atoms with van der Waals surface area (Å²) in [6.45, 7) is 3.29. The Balaban J connectivity index is 2.47. The molecule has 0 unspecified atom stereocenters. The number of carbonyl (C=O) groups is 1. The Morgan fingerprint density at radius 3 is 2.56 bits per heavy atom. The number of nitrogens with one attached hydrogen (secondary N) is 1. The van der Waals surface area contributed by atoms with Gasteiger partial charge in [-0.3, -0.25) is 0 Å². The van der Waals surface area contributed by atoms with Crippen LogP contribution in [0.5, 0.6) is 0 Å². The molecule has 4 heteroatoms. The molecule has 1 rings (SSSR count). The number of rotatable bonds is 4. The van der Waals surface area contributed by atoms with Gasteiger partial charge in [-0.1, -0.05) is 17.7 Å². The fourth-order valence-electron chi connectivity index (χ4n) is 1.29.